The van der Waals surface area contributed by atoms with Gasteiger partial charge in [0.15, 0.2) is 0 Å². The van der Waals surface area contributed by atoms with E-state index in [0.717, 1.165) is 16.8 Å². The zero-order chi connectivity index (χ0) is 8.27. The third-order valence-electron chi connectivity index (χ3n) is 1.47. The molecule has 0 spiro atoms. The minimum atomic E-state index is 0.744. The van der Waals surface area contributed by atoms with Gasteiger partial charge in [-0.1, -0.05) is 0 Å². The van der Waals surface area contributed by atoms with E-state index in [1.54, 1.807) is 12.1 Å². The third-order valence-corrected chi connectivity index (χ3v) is 1.47. The van der Waals surface area contributed by atoms with Crippen molar-refractivity contribution >= 4 is 5.69 Å². The van der Waals surface area contributed by atoms with E-state index >= 15 is 0 Å². The molecule has 1 rings (SSSR count). The van der Waals surface area contributed by atoms with E-state index in [2.05, 4.69) is 5.92 Å². The fourth-order valence-electron chi connectivity index (χ4n) is 0.818. The Bertz CT molecular complexity index is 320. The number of aryl methyl sites for hydroxylation is 1. The minimum Gasteiger partial charge on any atom is -0.462 e. The van der Waals surface area contributed by atoms with Crippen LogP contribution in [-0.4, -0.2) is 5.11 Å². The van der Waals surface area contributed by atoms with Gasteiger partial charge in [-0.05, 0) is 36.6 Å². The summed E-state index contributed by atoms with van der Waals surface area (Å²) in [6, 6.07) is 5.37. The first-order valence-electron chi connectivity index (χ1n) is 3.25. The fraction of sp³-hybridized carbons (Fsp3) is 0.111. The lowest BCUT2D eigenvalue weighted by Gasteiger charge is -1.97. The van der Waals surface area contributed by atoms with Crippen molar-refractivity contribution in [2.75, 3.05) is 5.73 Å². The van der Waals surface area contributed by atoms with E-state index in [4.69, 9.17) is 10.8 Å². The van der Waals surface area contributed by atoms with Crippen molar-refractivity contribution in [1.82, 2.24) is 0 Å². The molecule has 0 fully saturated rings. The summed E-state index contributed by atoms with van der Waals surface area (Å²) in [5, 5.41) is 8.29. The Kier molecular flexibility index (Phi) is 2.03. The molecule has 0 atom stereocenters. The van der Waals surface area contributed by atoms with Crippen molar-refractivity contribution in [2.24, 2.45) is 0 Å². The van der Waals surface area contributed by atoms with Gasteiger partial charge in [-0.25, -0.2) is 0 Å². The van der Waals surface area contributed by atoms with Crippen molar-refractivity contribution in [2.45, 2.75) is 6.92 Å². The van der Waals surface area contributed by atoms with Gasteiger partial charge in [0.2, 0.25) is 0 Å². The van der Waals surface area contributed by atoms with Crippen LogP contribution < -0.4 is 5.73 Å². The second kappa shape index (κ2) is 2.98. The Morgan fingerprint density at radius 2 is 2.18 bits per heavy atom. The molecular formula is C9H9NO. The lowest BCUT2D eigenvalue weighted by atomic mass is 10.1. The Labute approximate surface area is 65.7 Å². The van der Waals surface area contributed by atoms with Gasteiger partial charge < -0.3 is 10.8 Å². The maximum atomic E-state index is 8.29. The van der Waals surface area contributed by atoms with E-state index in [0.29, 0.717) is 0 Å². The molecule has 56 valence electrons. The topological polar surface area (TPSA) is 46.2 Å². The standard InChI is InChI=1S/C9H9NO/c1-7-6-8(4-5-11)2-3-9(7)10/h2-3,6,11H,10H2,1H3. The van der Waals surface area contributed by atoms with Crippen molar-refractivity contribution in [3.63, 3.8) is 0 Å². The smallest absolute Gasteiger partial charge is 0.113 e. The molecule has 0 aliphatic rings. The van der Waals surface area contributed by atoms with E-state index in [1.165, 1.54) is 0 Å². The first kappa shape index (κ1) is 7.49. The molecule has 0 radical (unpaired) electrons. The molecule has 1 aromatic carbocycles. The highest BCUT2D eigenvalue weighted by molar-refractivity contribution is 5.51. The average Bonchev–Trinajstić information content (AvgIpc) is 1.98. The number of hydrogen-bond donors (Lipinski definition) is 2. The second-order valence-electron chi connectivity index (χ2n) is 2.31. The van der Waals surface area contributed by atoms with Crippen LogP contribution in [0.3, 0.4) is 0 Å². The summed E-state index contributed by atoms with van der Waals surface area (Å²) in [6.07, 6.45) is 1.84. The summed E-state index contributed by atoms with van der Waals surface area (Å²) >= 11 is 0. The molecule has 3 N–H and O–H groups in total. The highest BCUT2D eigenvalue weighted by Gasteiger charge is 1.92. The van der Waals surface area contributed by atoms with Gasteiger partial charge in [-0.2, -0.15) is 0 Å². The number of rotatable bonds is 0. The number of aliphatic hydroxyl groups excluding tert-OH is 1. The number of aliphatic hydroxyl groups is 1. The molecule has 0 aromatic heterocycles. The molecular weight excluding hydrogens is 138 g/mol. The Morgan fingerprint density at radius 3 is 2.73 bits per heavy atom. The Morgan fingerprint density at radius 1 is 1.45 bits per heavy atom. The van der Waals surface area contributed by atoms with E-state index in [1.807, 2.05) is 19.1 Å². The van der Waals surface area contributed by atoms with Crippen molar-refractivity contribution in [3.8, 4) is 12.0 Å². The zero-order valence-corrected chi connectivity index (χ0v) is 6.26. The van der Waals surface area contributed by atoms with Gasteiger partial charge in [0.1, 0.15) is 6.11 Å². The highest BCUT2D eigenvalue weighted by Crippen LogP contribution is 2.11. The molecule has 0 saturated carbocycles. The molecule has 11 heavy (non-hydrogen) atoms. The molecule has 2 nitrogen and oxygen atoms in total. The quantitative estimate of drug-likeness (QED) is 0.428. The lowest BCUT2D eigenvalue weighted by Crippen LogP contribution is -1.89. The maximum Gasteiger partial charge on any atom is 0.113 e. The summed E-state index contributed by atoms with van der Waals surface area (Å²) in [4.78, 5) is 0. The van der Waals surface area contributed by atoms with Gasteiger partial charge >= 0.3 is 0 Å². The molecule has 0 aliphatic heterocycles. The van der Waals surface area contributed by atoms with Crippen LogP contribution in [0.15, 0.2) is 18.2 Å². The first-order chi connectivity index (χ1) is 5.24. The van der Waals surface area contributed by atoms with Crippen LogP contribution in [-0.2, 0) is 0 Å². The van der Waals surface area contributed by atoms with Crippen LogP contribution in [0, 0.1) is 19.0 Å². The largest absolute Gasteiger partial charge is 0.462 e. The van der Waals surface area contributed by atoms with Gasteiger partial charge in [-0.15, -0.1) is 0 Å². The third kappa shape index (κ3) is 1.65. The van der Waals surface area contributed by atoms with Gasteiger partial charge in [0.25, 0.3) is 0 Å². The minimum absolute atomic E-state index is 0.744. The average molecular weight is 147 g/mol. The Balaban J connectivity index is 3.12. The maximum absolute atomic E-state index is 8.29. The molecule has 2 heteroatoms. The molecule has 0 amide bonds. The van der Waals surface area contributed by atoms with E-state index in [9.17, 15) is 0 Å². The summed E-state index contributed by atoms with van der Waals surface area (Å²) < 4.78 is 0. The Hall–Kier alpha value is -1.62. The predicted octanol–water partition coefficient (Wildman–Crippen LogP) is 1.26. The van der Waals surface area contributed by atoms with E-state index < -0.39 is 0 Å². The number of hydrogen-bond acceptors (Lipinski definition) is 2. The van der Waals surface area contributed by atoms with Crippen LogP contribution in [0.25, 0.3) is 0 Å². The van der Waals surface area contributed by atoms with Gasteiger partial charge in [-0.3, -0.25) is 0 Å². The summed E-state index contributed by atoms with van der Waals surface area (Å²) in [6.45, 7) is 1.90. The SMILES string of the molecule is Cc1cc(C#CO)ccc1N. The van der Waals surface area contributed by atoms with E-state index in [-0.39, 0.29) is 0 Å². The number of anilines is 1. The molecule has 1 aromatic rings. The number of nitrogen functional groups attached to an aromatic ring is 1. The number of nitrogens with two attached hydrogens (primary N) is 1. The van der Waals surface area contributed by atoms with Crippen LogP contribution >= 0.6 is 0 Å². The summed E-state index contributed by atoms with van der Waals surface area (Å²) in [5.41, 5.74) is 8.07. The molecule has 0 aliphatic carbocycles. The van der Waals surface area contributed by atoms with Crippen molar-refractivity contribution in [3.05, 3.63) is 29.3 Å². The second-order valence-corrected chi connectivity index (χ2v) is 2.31. The molecule has 0 bridgehead atoms. The van der Waals surface area contributed by atoms with Crippen molar-refractivity contribution < 1.29 is 5.11 Å². The van der Waals surface area contributed by atoms with Crippen molar-refractivity contribution in [1.29, 1.82) is 0 Å². The highest BCUT2D eigenvalue weighted by atomic mass is 16.2. The molecule has 0 heterocycles. The first-order valence-corrected chi connectivity index (χ1v) is 3.25. The molecule has 0 saturated heterocycles. The predicted molar refractivity (Wildman–Crippen MR) is 44.4 cm³/mol. The van der Waals surface area contributed by atoms with Gasteiger partial charge in [0.05, 0.1) is 0 Å². The van der Waals surface area contributed by atoms with Crippen LogP contribution in [0.4, 0.5) is 5.69 Å². The van der Waals surface area contributed by atoms with Crippen LogP contribution in [0.5, 0.6) is 0 Å². The number of benzene rings is 1. The van der Waals surface area contributed by atoms with Gasteiger partial charge in [0, 0.05) is 11.3 Å². The normalized spacial score (nSPS) is 8.45. The molecule has 0 unspecified atom stereocenters. The van der Waals surface area contributed by atoms with Crippen LogP contribution in [0.2, 0.25) is 0 Å². The summed E-state index contributed by atoms with van der Waals surface area (Å²) in [5.74, 6) is 2.53. The van der Waals surface area contributed by atoms with Crippen LogP contribution in [0.1, 0.15) is 11.1 Å². The summed E-state index contributed by atoms with van der Waals surface area (Å²) in [7, 11) is 0. The zero-order valence-electron chi connectivity index (χ0n) is 6.26. The fourth-order valence-corrected chi connectivity index (χ4v) is 0.818. The monoisotopic (exact) mass is 147 g/mol. The lowest BCUT2D eigenvalue weighted by molar-refractivity contribution is 0.517.